The van der Waals surface area contributed by atoms with Crippen LogP contribution in [0, 0.1) is 6.92 Å². The fourth-order valence-corrected chi connectivity index (χ4v) is 2.35. The molecule has 1 aromatic heterocycles. The van der Waals surface area contributed by atoms with Gasteiger partial charge >= 0.3 is 0 Å². The monoisotopic (exact) mass is 321 g/mol. The summed E-state index contributed by atoms with van der Waals surface area (Å²) in [6.45, 7) is 1.90. The van der Waals surface area contributed by atoms with Crippen LogP contribution in [0.5, 0.6) is 5.75 Å². The van der Waals surface area contributed by atoms with Gasteiger partial charge < -0.3 is 16.2 Å². The number of nitrogen functional groups attached to an aromatic ring is 1. The number of nitrogens with two attached hydrogens (primary N) is 1. The number of aromatic nitrogens is 1. The summed E-state index contributed by atoms with van der Waals surface area (Å²) < 4.78 is 0.687. The number of pyridine rings is 1. The summed E-state index contributed by atoms with van der Waals surface area (Å²) in [5.74, 6) is -0.627. The van der Waals surface area contributed by atoms with Crippen molar-refractivity contribution in [3.8, 4) is 5.75 Å². The van der Waals surface area contributed by atoms with E-state index < -0.39 is 5.91 Å². The third kappa shape index (κ3) is 2.85. The molecule has 0 radical (unpaired) electrons. The van der Waals surface area contributed by atoms with Crippen molar-refractivity contribution >= 4 is 33.2 Å². The van der Waals surface area contributed by atoms with E-state index in [2.05, 4.69) is 26.2 Å². The fourth-order valence-electron chi connectivity index (χ4n) is 1.66. The summed E-state index contributed by atoms with van der Waals surface area (Å²) in [7, 11) is 0. The van der Waals surface area contributed by atoms with Crippen molar-refractivity contribution < 1.29 is 9.90 Å². The van der Waals surface area contributed by atoms with Crippen LogP contribution >= 0.6 is 15.9 Å². The second-order valence-electron chi connectivity index (χ2n) is 4.06. The molecule has 2 aromatic rings. The number of carbonyl (C=O) groups is 1. The molecule has 0 aliphatic carbocycles. The van der Waals surface area contributed by atoms with Gasteiger partial charge in [-0.15, -0.1) is 0 Å². The zero-order valence-corrected chi connectivity index (χ0v) is 11.7. The highest BCUT2D eigenvalue weighted by molar-refractivity contribution is 9.10. The maximum absolute atomic E-state index is 12.0. The van der Waals surface area contributed by atoms with Crippen LogP contribution in [-0.2, 0) is 0 Å². The number of benzene rings is 1. The van der Waals surface area contributed by atoms with Crippen LogP contribution in [0.3, 0.4) is 0 Å². The van der Waals surface area contributed by atoms with Crippen molar-refractivity contribution in [2.75, 3.05) is 11.1 Å². The molecule has 1 amide bonds. The maximum Gasteiger partial charge on any atom is 0.259 e. The Balaban J connectivity index is 2.32. The molecule has 1 aromatic carbocycles. The Morgan fingerprint density at radius 3 is 2.84 bits per heavy atom. The van der Waals surface area contributed by atoms with Crippen LogP contribution in [-0.4, -0.2) is 16.0 Å². The molecular formula is C13H12BrN3O2. The number of amides is 1. The van der Waals surface area contributed by atoms with E-state index in [1.165, 1.54) is 18.5 Å². The number of aryl methyl sites for hydroxylation is 1. The Hall–Kier alpha value is -2.08. The van der Waals surface area contributed by atoms with Crippen molar-refractivity contribution in [2.45, 2.75) is 6.92 Å². The van der Waals surface area contributed by atoms with Gasteiger partial charge in [0, 0.05) is 10.7 Å². The number of halogens is 1. The standard InChI is InChI=1S/C13H12BrN3O2/c1-7-4-9(14)12(10(15)5-7)17-13(19)8-2-3-16-6-11(8)18/h2-6,18H,15H2,1H3,(H,17,19). The van der Waals surface area contributed by atoms with Gasteiger partial charge in [-0.2, -0.15) is 0 Å². The molecule has 0 aliphatic rings. The molecule has 0 fully saturated rings. The van der Waals surface area contributed by atoms with Gasteiger partial charge in [0.25, 0.3) is 5.91 Å². The third-order valence-electron chi connectivity index (χ3n) is 2.55. The Bertz CT molecular complexity index is 621. The molecule has 0 saturated heterocycles. The lowest BCUT2D eigenvalue weighted by Gasteiger charge is -2.12. The van der Waals surface area contributed by atoms with Crippen molar-refractivity contribution in [1.29, 1.82) is 0 Å². The summed E-state index contributed by atoms with van der Waals surface area (Å²) in [6, 6.07) is 5.04. The normalized spacial score (nSPS) is 10.2. The van der Waals surface area contributed by atoms with Crippen molar-refractivity contribution in [3.63, 3.8) is 0 Å². The number of hydrogen-bond acceptors (Lipinski definition) is 4. The molecule has 0 aliphatic heterocycles. The lowest BCUT2D eigenvalue weighted by atomic mass is 10.1. The Labute approximate surface area is 118 Å². The minimum absolute atomic E-state index is 0.141. The number of hydrogen-bond donors (Lipinski definition) is 3. The van der Waals surface area contributed by atoms with Crippen LogP contribution < -0.4 is 11.1 Å². The van der Waals surface area contributed by atoms with Crippen LogP contribution in [0.25, 0.3) is 0 Å². The molecule has 0 bridgehead atoms. The van der Waals surface area contributed by atoms with E-state index in [1.54, 1.807) is 6.07 Å². The van der Waals surface area contributed by atoms with E-state index in [1.807, 2.05) is 13.0 Å². The smallest absolute Gasteiger partial charge is 0.259 e. The molecule has 19 heavy (non-hydrogen) atoms. The number of nitrogens with one attached hydrogen (secondary N) is 1. The van der Waals surface area contributed by atoms with E-state index in [9.17, 15) is 9.90 Å². The van der Waals surface area contributed by atoms with Crippen LogP contribution in [0.2, 0.25) is 0 Å². The number of rotatable bonds is 2. The van der Waals surface area contributed by atoms with Crippen LogP contribution in [0.1, 0.15) is 15.9 Å². The van der Waals surface area contributed by atoms with Crippen LogP contribution in [0.4, 0.5) is 11.4 Å². The van der Waals surface area contributed by atoms with Crippen molar-refractivity contribution in [1.82, 2.24) is 4.98 Å². The summed E-state index contributed by atoms with van der Waals surface area (Å²) in [6.07, 6.45) is 2.64. The maximum atomic E-state index is 12.0. The van der Waals surface area contributed by atoms with Gasteiger partial charge in [0.1, 0.15) is 5.75 Å². The molecule has 0 saturated carbocycles. The number of aromatic hydroxyl groups is 1. The van der Waals surface area contributed by atoms with Gasteiger partial charge in [-0.1, -0.05) is 0 Å². The molecule has 0 unspecified atom stereocenters. The van der Waals surface area contributed by atoms with Gasteiger partial charge in [0.15, 0.2) is 0 Å². The van der Waals surface area contributed by atoms with Gasteiger partial charge in [-0.05, 0) is 46.6 Å². The van der Waals surface area contributed by atoms with Gasteiger partial charge in [0.2, 0.25) is 0 Å². The molecule has 2 rings (SSSR count). The highest BCUT2D eigenvalue weighted by Crippen LogP contribution is 2.31. The fraction of sp³-hybridized carbons (Fsp3) is 0.0769. The number of carbonyl (C=O) groups excluding carboxylic acids is 1. The van der Waals surface area contributed by atoms with Gasteiger partial charge in [-0.25, -0.2) is 0 Å². The molecule has 0 spiro atoms. The number of anilines is 2. The van der Waals surface area contributed by atoms with E-state index in [0.717, 1.165) is 5.56 Å². The summed E-state index contributed by atoms with van der Waals surface area (Å²) in [4.78, 5) is 15.8. The first kappa shape index (κ1) is 13.4. The zero-order chi connectivity index (χ0) is 14.0. The summed E-state index contributed by atoms with van der Waals surface area (Å²) >= 11 is 3.35. The Kier molecular flexibility index (Phi) is 3.71. The molecule has 1 heterocycles. The van der Waals surface area contributed by atoms with E-state index in [4.69, 9.17) is 5.73 Å². The second-order valence-corrected chi connectivity index (χ2v) is 4.91. The predicted octanol–water partition coefficient (Wildman–Crippen LogP) is 2.69. The zero-order valence-electron chi connectivity index (χ0n) is 10.1. The predicted molar refractivity (Wildman–Crippen MR) is 77.1 cm³/mol. The topological polar surface area (TPSA) is 88.2 Å². The first-order valence-corrected chi connectivity index (χ1v) is 6.28. The van der Waals surface area contributed by atoms with E-state index >= 15 is 0 Å². The molecule has 4 N–H and O–H groups in total. The average molecular weight is 322 g/mol. The largest absolute Gasteiger partial charge is 0.505 e. The minimum Gasteiger partial charge on any atom is -0.505 e. The lowest BCUT2D eigenvalue weighted by Crippen LogP contribution is -2.14. The first-order valence-electron chi connectivity index (χ1n) is 5.49. The highest BCUT2D eigenvalue weighted by Gasteiger charge is 2.14. The molecule has 0 atom stereocenters. The van der Waals surface area contributed by atoms with Gasteiger partial charge in [0.05, 0.1) is 23.1 Å². The first-order chi connectivity index (χ1) is 8.99. The SMILES string of the molecule is Cc1cc(N)c(NC(=O)c2ccncc2O)c(Br)c1. The molecule has 5 nitrogen and oxygen atoms in total. The Morgan fingerprint density at radius 1 is 1.47 bits per heavy atom. The van der Waals surface area contributed by atoms with E-state index in [-0.39, 0.29) is 11.3 Å². The minimum atomic E-state index is -0.448. The quantitative estimate of drug-likeness (QED) is 0.742. The number of nitrogens with zero attached hydrogens (tertiary/aromatic N) is 1. The molecular weight excluding hydrogens is 310 g/mol. The third-order valence-corrected chi connectivity index (χ3v) is 3.17. The molecule has 6 heteroatoms. The average Bonchev–Trinajstić information content (AvgIpc) is 2.34. The van der Waals surface area contributed by atoms with E-state index in [0.29, 0.717) is 15.8 Å². The summed E-state index contributed by atoms with van der Waals surface area (Å²) in [5.41, 5.74) is 7.92. The van der Waals surface area contributed by atoms with Crippen LogP contribution in [0.15, 0.2) is 35.1 Å². The lowest BCUT2D eigenvalue weighted by molar-refractivity contribution is 0.102. The second kappa shape index (κ2) is 5.27. The van der Waals surface area contributed by atoms with Crippen molar-refractivity contribution in [3.05, 3.63) is 46.2 Å². The van der Waals surface area contributed by atoms with Gasteiger partial charge in [-0.3, -0.25) is 9.78 Å². The molecule has 98 valence electrons. The van der Waals surface area contributed by atoms with Crippen molar-refractivity contribution in [2.24, 2.45) is 0 Å². The summed E-state index contributed by atoms with van der Waals surface area (Å²) in [5, 5.41) is 12.2. The highest BCUT2D eigenvalue weighted by atomic mass is 79.9. The Morgan fingerprint density at radius 2 is 2.21 bits per heavy atom.